The van der Waals surface area contributed by atoms with E-state index in [1.54, 1.807) is 17.3 Å². The van der Waals surface area contributed by atoms with Crippen molar-refractivity contribution in [2.75, 3.05) is 23.3 Å². The van der Waals surface area contributed by atoms with E-state index in [1.165, 1.54) is 0 Å². The van der Waals surface area contributed by atoms with E-state index in [1.807, 2.05) is 50.2 Å². The maximum absolute atomic E-state index is 12.7. The Bertz CT molecular complexity index is 569. The Balaban J connectivity index is 2.34. The highest BCUT2D eigenvalue weighted by atomic mass is 16.2. The highest BCUT2D eigenvalue weighted by molar-refractivity contribution is 6.09. The van der Waals surface area contributed by atoms with Crippen LogP contribution in [0.15, 0.2) is 48.8 Å². The highest BCUT2D eigenvalue weighted by Crippen LogP contribution is 2.21. The summed E-state index contributed by atoms with van der Waals surface area (Å²) in [5.41, 5.74) is 2.42. The SMILES string of the molecule is CCNc1ccccc1C(=O)N(CC)c1ccncc1. The zero-order valence-electron chi connectivity index (χ0n) is 11.8. The van der Waals surface area contributed by atoms with Crippen molar-refractivity contribution in [2.45, 2.75) is 13.8 Å². The predicted molar refractivity (Wildman–Crippen MR) is 82.2 cm³/mol. The normalized spacial score (nSPS) is 10.1. The minimum atomic E-state index is -0.00440. The van der Waals surface area contributed by atoms with Crippen molar-refractivity contribution < 1.29 is 4.79 Å². The summed E-state index contributed by atoms with van der Waals surface area (Å²) in [5.74, 6) is -0.00440. The topological polar surface area (TPSA) is 45.2 Å². The summed E-state index contributed by atoms with van der Waals surface area (Å²) in [7, 11) is 0. The fourth-order valence-corrected chi connectivity index (χ4v) is 2.13. The lowest BCUT2D eigenvalue weighted by Gasteiger charge is -2.22. The Morgan fingerprint density at radius 2 is 1.85 bits per heavy atom. The number of amides is 1. The molecule has 1 N–H and O–H groups in total. The average Bonchev–Trinajstić information content (AvgIpc) is 2.50. The molecule has 2 rings (SSSR count). The molecular weight excluding hydrogens is 250 g/mol. The van der Waals surface area contributed by atoms with Crippen LogP contribution in [0.25, 0.3) is 0 Å². The van der Waals surface area contributed by atoms with Crippen molar-refractivity contribution in [2.24, 2.45) is 0 Å². The predicted octanol–water partition coefficient (Wildman–Crippen LogP) is 3.18. The molecule has 0 spiro atoms. The van der Waals surface area contributed by atoms with Gasteiger partial charge in [-0.15, -0.1) is 0 Å². The van der Waals surface area contributed by atoms with Gasteiger partial charge in [0, 0.05) is 36.9 Å². The van der Waals surface area contributed by atoms with Crippen LogP contribution in [-0.2, 0) is 0 Å². The zero-order chi connectivity index (χ0) is 14.4. The van der Waals surface area contributed by atoms with Gasteiger partial charge in [-0.3, -0.25) is 9.78 Å². The number of carbonyl (C=O) groups is 1. The Labute approximate surface area is 119 Å². The third-order valence-corrected chi connectivity index (χ3v) is 3.06. The summed E-state index contributed by atoms with van der Waals surface area (Å²) < 4.78 is 0. The molecule has 0 bridgehead atoms. The van der Waals surface area contributed by atoms with Gasteiger partial charge < -0.3 is 10.2 Å². The van der Waals surface area contributed by atoms with Gasteiger partial charge >= 0.3 is 0 Å². The molecule has 0 radical (unpaired) electrons. The van der Waals surface area contributed by atoms with Crippen molar-refractivity contribution >= 4 is 17.3 Å². The minimum absolute atomic E-state index is 0.00440. The number of nitrogens with zero attached hydrogens (tertiary/aromatic N) is 2. The number of benzene rings is 1. The Kier molecular flexibility index (Phi) is 4.71. The monoisotopic (exact) mass is 269 g/mol. The molecule has 0 saturated heterocycles. The summed E-state index contributed by atoms with van der Waals surface area (Å²) in [5, 5.41) is 3.23. The van der Waals surface area contributed by atoms with Crippen molar-refractivity contribution in [1.29, 1.82) is 0 Å². The van der Waals surface area contributed by atoms with Crippen LogP contribution in [0.1, 0.15) is 24.2 Å². The summed E-state index contributed by atoms with van der Waals surface area (Å²) in [6.45, 7) is 5.38. The van der Waals surface area contributed by atoms with Crippen LogP contribution < -0.4 is 10.2 Å². The van der Waals surface area contributed by atoms with E-state index in [9.17, 15) is 4.79 Å². The Morgan fingerprint density at radius 3 is 2.50 bits per heavy atom. The maximum Gasteiger partial charge on any atom is 0.260 e. The van der Waals surface area contributed by atoms with E-state index in [0.29, 0.717) is 12.1 Å². The number of aromatic nitrogens is 1. The fourth-order valence-electron chi connectivity index (χ4n) is 2.13. The summed E-state index contributed by atoms with van der Waals surface area (Å²) in [4.78, 5) is 18.5. The molecule has 0 saturated carbocycles. The van der Waals surface area contributed by atoms with Crippen molar-refractivity contribution in [1.82, 2.24) is 4.98 Å². The van der Waals surface area contributed by atoms with E-state index in [0.717, 1.165) is 17.9 Å². The standard InChI is InChI=1S/C16H19N3O/c1-3-18-15-8-6-5-7-14(15)16(20)19(4-2)13-9-11-17-12-10-13/h5-12,18H,3-4H2,1-2H3. The van der Waals surface area contributed by atoms with Crippen LogP contribution >= 0.6 is 0 Å². The molecule has 0 aliphatic carbocycles. The first-order valence-corrected chi connectivity index (χ1v) is 6.82. The lowest BCUT2D eigenvalue weighted by atomic mass is 10.1. The maximum atomic E-state index is 12.7. The molecular formula is C16H19N3O. The van der Waals surface area contributed by atoms with Gasteiger partial charge in [0.05, 0.1) is 5.56 Å². The van der Waals surface area contributed by atoms with Crippen molar-refractivity contribution in [3.05, 3.63) is 54.4 Å². The second-order valence-electron chi connectivity index (χ2n) is 4.33. The average molecular weight is 269 g/mol. The Morgan fingerprint density at radius 1 is 1.15 bits per heavy atom. The lowest BCUT2D eigenvalue weighted by Crippen LogP contribution is -2.31. The van der Waals surface area contributed by atoms with Gasteiger partial charge in [-0.05, 0) is 38.1 Å². The largest absolute Gasteiger partial charge is 0.385 e. The molecule has 4 nitrogen and oxygen atoms in total. The molecule has 0 atom stereocenters. The minimum Gasteiger partial charge on any atom is -0.385 e. The number of anilines is 2. The molecule has 4 heteroatoms. The van der Waals surface area contributed by atoms with Crippen LogP contribution in [0.2, 0.25) is 0 Å². The van der Waals surface area contributed by atoms with Gasteiger partial charge in [0.2, 0.25) is 0 Å². The third kappa shape index (κ3) is 2.96. The fraction of sp³-hybridized carbons (Fsp3) is 0.250. The zero-order valence-corrected chi connectivity index (χ0v) is 11.8. The molecule has 0 aliphatic heterocycles. The molecule has 0 fully saturated rings. The summed E-state index contributed by atoms with van der Waals surface area (Å²) in [6.07, 6.45) is 3.39. The number of rotatable bonds is 5. The van der Waals surface area contributed by atoms with Gasteiger partial charge in [-0.1, -0.05) is 12.1 Å². The van der Waals surface area contributed by atoms with Gasteiger partial charge in [0.1, 0.15) is 0 Å². The molecule has 0 aliphatic rings. The molecule has 1 amide bonds. The molecule has 1 aromatic heterocycles. The van der Waals surface area contributed by atoms with E-state index in [2.05, 4.69) is 10.3 Å². The number of pyridine rings is 1. The van der Waals surface area contributed by atoms with E-state index in [4.69, 9.17) is 0 Å². The van der Waals surface area contributed by atoms with Crippen LogP contribution in [0.3, 0.4) is 0 Å². The first-order chi connectivity index (χ1) is 9.77. The molecule has 1 heterocycles. The van der Waals surface area contributed by atoms with Gasteiger partial charge in [-0.25, -0.2) is 0 Å². The number of para-hydroxylation sites is 1. The summed E-state index contributed by atoms with van der Waals surface area (Å²) in [6, 6.07) is 11.3. The number of hydrogen-bond donors (Lipinski definition) is 1. The van der Waals surface area contributed by atoms with Crippen molar-refractivity contribution in [3.63, 3.8) is 0 Å². The molecule has 2 aromatic rings. The van der Waals surface area contributed by atoms with E-state index >= 15 is 0 Å². The number of hydrogen-bond acceptors (Lipinski definition) is 3. The molecule has 0 unspecified atom stereocenters. The molecule has 1 aromatic carbocycles. The first kappa shape index (κ1) is 14.1. The molecule has 104 valence electrons. The second kappa shape index (κ2) is 6.70. The highest BCUT2D eigenvalue weighted by Gasteiger charge is 2.18. The van der Waals surface area contributed by atoms with E-state index < -0.39 is 0 Å². The van der Waals surface area contributed by atoms with Crippen LogP contribution in [0, 0.1) is 0 Å². The third-order valence-electron chi connectivity index (χ3n) is 3.06. The Hall–Kier alpha value is -2.36. The first-order valence-electron chi connectivity index (χ1n) is 6.82. The quantitative estimate of drug-likeness (QED) is 0.906. The van der Waals surface area contributed by atoms with Crippen LogP contribution in [0.5, 0.6) is 0 Å². The van der Waals surface area contributed by atoms with Crippen LogP contribution in [-0.4, -0.2) is 24.0 Å². The lowest BCUT2D eigenvalue weighted by molar-refractivity contribution is 0.0989. The van der Waals surface area contributed by atoms with Gasteiger partial charge in [0.25, 0.3) is 5.91 Å². The molecule has 20 heavy (non-hydrogen) atoms. The number of nitrogens with one attached hydrogen (secondary N) is 1. The second-order valence-corrected chi connectivity index (χ2v) is 4.33. The van der Waals surface area contributed by atoms with E-state index in [-0.39, 0.29) is 5.91 Å². The van der Waals surface area contributed by atoms with Crippen LogP contribution in [0.4, 0.5) is 11.4 Å². The smallest absolute Gasteiger partial charge is 0.260 e. The van der Waals surface area contributed by atoms with Crippen molar-refractivity contribution in [3.8, 4) is 0 Å². The number of carbonyl (C=O) groups excluding carboxylic acids is 1. The summed E-state index contributed by atoms with van der Waals surface area (Å²) >= 11 is 0. The van der Waals surface area contributed by atoms with Gasteiger partial charge in [-0.2, -0.15) is 0 Å². The van der Waals surface area contributed by atoms with Gasteiger partial charge in [0.15, 0.2) is 0 Å².